The zero-order chi connectivity index (χ0) is 10.6. The van der Waals surface area contributed by atoms with Gasteiger partial charge in [-0.25, -0.2) is 0 Å². The predicted molar refractivity (Wildman–Crippen MR) is 61.3 cm³/mol. The molecule has 0 aromatic carbocycles. The summed E-state index contributed by atoms with van der Waals surface area (Å²) in [5, 5.41) is 0. The Balaban J connectivity index is 2.49. The highest BCUT2D eigenvalue weighted by atomic mass is 16.5. The third-order valence-corrected chi connectivity index (χ3v) is 3.39. The van der Waals surface area contributed by atoms with Crippen molar-refractivity contribution >= 4 is 0 Å². The molecule has 0 radical (unpaired) electrons. The van der Waals surface area contributed by atoms with Crippen molar-refractivity contribution in [2.45, 2.75) is 46.1 Å². The normalized spacial score (nSPS) is 33.3. The maximum absolute atomic E-state index is 5.86. The average molecular weight is 196 g/mol. The monoisotopic (exact) mass is 196 g/mol. The van der Waals surface area contributed by atoms with Crippen LogP contribution in [0.3, 0.4) is 0 Å². The van der Waals surface area contributed by atoms with Crippen molar-refractivity contribution < 1.29 is 4.74 Å². The molecule has 1 heteroatoms. The van der Waals surface area contributed by atoms with Crippen LogP contribution in [0, 0.1) is 17.8 Å². The van der Waals surface area contributed by atoms with E-state index in [1.807, 2.05) is 6.08 Å². The summed E-state index contributed by atoms with van der Waals surface area (Å²) in [6, 6.07) is 0. The first-order valence-corrected chi connectivity index (χ1v) is 5.87. The van der Waals surface area contributed by atoms with Crippen molar-refractivity contribution in [3.63, 3.8) is 0 Å². The largest absolute Gasteiger partial charge is 0.374 e. The maximum Gasteiger partial charge on any atom is 0.0648 e. The molecule has 14 heavy (non-hydrogen) atoms. The van der Waals surface area contributed by atoms with Crippen molar-refractivity contribution in [1.29, 1.82) is 0 Å². The SMILES string of the molecule is C=CCOC1CC(C)CC[C@H]1C(C)C. The van der Waals surface area contributed by atoms with E-state index in [9.17, 15) is 0 Å². The Morgan fingerprint density at radius 3 is 2.71 bits per heavy atom. The van der Waals surface area contributed by atoms with E-state index < -0.39 is 0 Å². The summed E-state index contributed by atoms with van der Waals surface area (Å²) in [7, 11) is 0. The van der Waals surface area contributed by atoms with E-state index >= 15 is 0 Å². The number of hydrogen-bond acceptors (Lipinski definition) is 1. The number of hydrogen-bond donors (Lipinski definition) is 0. The molecule has 2 unspecified atom stereocenters. The molecule has 1 nitrogen and oxygen atoms in total. The first-order valence-electron chi connectivity index (χ1n) is 5.87. The predicted octanol–water partition coefficient (Wildman–Crippen LogP) is 3.65. The topological polar surface area (TPSA) is 9.23 Å². The molecule has 1 fully saturated rings. The lowest BCUT2D eigenvalue weighted by atomic mass is 9.75. The van der Waals surface area contributed by atoms with E-state index in [0.717, 1.165) is 17.8 Å². The Morgan fingerprint density at radius 2 is 2.14 bits per heavy atom. The molecule has 0 N–H and O–H groups in total. The van der Waals surface area contributed by atoms with Crippen LogP contribution < -0.4 is 0 Å². The van der Waals surface area contributed by atoms with Crippen LogP contribution in [0.2, 0.25) is 0 Å². The summed E-state index contributed by atoms with van der Waals surface area (Å²) in [5.41, 5.74) is 0. The second-order valence-corrected chi connectivity index (χ2v) is 4.99. The second-order valence-electron chi connectivity index (χ2n) is 4.99. The van der Waals surface area contributed by atoms with Crippen molar-refractivity contribution in [2.75, 3.05) is 6.61 Å². The van der Waals surface area contributed by atoms with Crippen LogP contribution in [0.5, 0.6) is 0 Å². The van der Waals surface area contributed by atoms with Crippen LogP contribution in [0.4, 0.5) is 0 Å². The van der Waals surface area contributed by atoms with Gasteiger partial charge in [-0.05, 0) is 30.6 Å². The Hall–Kier alpha value is -0.300. The van der Waals surface area contributed by atoms with Crippen LogP contribution in [-0.4, -0.2) is 12.7 Å². The van der Waals surface area contributed by atoms with E-state index in [1.54, 1.807) is 0 Å². The molecule has 0 aliphatic heterocycles. The molecule has 1 rings (SSSR count). The molecule has 3 atom stereocenters. The minimum atomic E-state index is 0.469. The molecule has 0 saturated heterocycles. The molecule has 0 aromatic rings. The molecule has 1 aliphatic carbocycles. The molecule has 82 valence electrons. The Labute approximate surface area is 88.5 Å². The highest BCUT2D eigenvalue weighted by molar-refractivity contribution is 4.82. The Kier molecular flexibility index (Phi) is 4.67. The lowest BCUT2D eigenvalue weighted by molar-refractivity contribution is -0.0261. The van der Waals surface area contributed by atoms with Crippen molar-refractivity contribution in [3.8, 4) is 0 Å². The summed E-state index contributed by atoms with van der Waals surface area (Å²) >= 11 is 0. The molecular weight excluding hydrogens is 172 g/mol. The fourth-order valence-corrected chi connectivity index (χ4v) is 2.50. The molecular formula is C13H24O. The van der Waals surface area contributed by atoms with Gasteiger partial charge < -0.3 is 4.74 Å². The first-order chi connectivity index (χ1) is 6.65. The highest BCUT2D eigenvalue weighted by Crippen LogP contribution is 2.35. The van der Waals surface area contributed by atoms with E-state index in [4.69, 9.17) is 4.74 Å². The third-order valence-electron chi connectivity index (χ3n) is 3.39. The zero-order valence-electron chi connectivity index (χ0n) is 9.83. The Bertz CT molecular complexity index is 174. The summed E-state index contributed by atoms with van der Waals surface area (Å²) in [4.78, 5) is 0. The average Bonchev–Trinajstić information content (AvgIpc) is 2.14. The molecule has 0 heterocycles. The third kappa shape index (κ3) is 3.13. The van der Waals surface area contributed by atoms with Gasteiger partial charge in [-0.2, -0.15) is 0 Å². The zero-order valence-corrected chi connectivity index (χ0v) is 9.83. The van der Waals surface area contributed by atoms with Gasteiger partial charge in [0, 0.05) is 0 Å². The number of rotatable bonds is 4. The molecule has 0 amide bonds. The van der Waals surface area contributed by atoms with Gasteiger partial charge in [0.1, 0.15) is 0 Å². The van der Waals surface area contributed by atoms with Crippen molar-refractivity contribution in [3.05, 3.63) is 12.7 Å². The standard InChI is InChI=1S/C13H24O/c1-5-8-14-13-9-11(4)6-7-12(13)10(2)3/h5,10-13H,1,6-9H2,2-4H3/t11?,12-,13?/m0/s1. The van der Waals surface area contributed by atoms with Crippen LogP contribution in [0.1, 0.15) is 40.0 Å². The van der Waals surface area contributed by atoms with Gasteiger partial charge >= 0.3 is 0 Å². The lowest BCUT2D eigenvalue weighted by Crippen LogP contribution is -2.34. The quantitative estimate of drug-likeness (QED) is 0.624. The van der Waals surface area contributed by atoms with E-state index in [2.05, 4.69) is 27.4 Å². The molecule has 1 saturated carbocycles. The van der Waals surface area contributed by atoms with Crippen molar-refractivity contribution in [1.82, 2.24) is 0 Å². The minimum Gasteiger partial charge on any atom is -0.374 e. The summed E-state index contributed by atoms with van der Waals surface area (Å²) in [6.07, 6.45) is 6.27. The highest BCUT2D eigenvalue weighted by Gasteiger charge is 2.30. The minimum absolute atomic E-state index is 0.469. The van der Waals surface area contributed by atoms with E-state index in [-0.39, 0.29) is 0 Å². The Morgan fingerprint density at radius 1 is 1.43 bits per heavy atom. The van der Waals surface area contributed by atoms with Gasteiger partial charge in [-0.1, -0.05) is 33.3 Å². The van der Waals surface area contributed by atoms with E-state index in [0.29, 0.717) is 12.7 Å². The van der Waals surface area contributed by atoms with Gasteiger partial charge in [0.05, 0.1) is 12.7 Å². The smallest absolute Gasteiger partial charge is 0.0648 e. The maximum atomic E-state index is 5.86. The van der Waals surface area contributed by atoms with Gasteiger partial charge in [-0.3, -0.25) is 0 Å². The number of ether oxygens (including phenoxy) is 1. The lowest BCUT2D eigenvalue weighted by Gasteiger charge is -2.36. The summed E-state index contributed by atoms with van der Waals surface area (Å²) in [5.74, 6) is 2.34. The first kappa shape index (κ1) is 11.8. The van der Waals surface area contributed by atoms with Gasteiger partial charge in [-0.15, -0.1) is 6.58 Å². The second kappa shape index (κ2) is 5.55. The van der Waals surface area contributed by atoms with Gasteiger partial charge in [0.2, 0.25) is 0 Å². The fraction of sp³-hybridized carbons (Fsp3) is 0.846. The van der Waals surface area contributed by atoms with E-state index in [1.165, 1.54) is 19.3 Å². The van der Waals surface area contributed by atoms with Gasteiger partial charge in [0.15, 0.2) is 0 Å². The summed E-state index contributed by atoms with van der Waals surface area (Å²) < 4.78 is 5.86. The van der Waals surface area contributed by atoms with Crippen molar-refractivity contribution in [2.24, 2.45) is 17.8 Å². The molecule has 0 aromatic heterocycles. The van der Waals surface area contributed by atoms with Crippen LogP contribution in [-0.2, 0) is 4.74 Å². The van der Waals surface area contributed by atoms with Crippen LogP contribution >= 0.6 is 0 Å². The van der Waals surface area contributed by atoms with Crippen LogP contribution in [0.25, 0.3) is 0 Å². The molecule has 0 bridgehead atoms. The molecule has 0 spiro atoms. The summed E-state index contributed by atoms with van der Waals surface area (Å²) in [6.45, 7) is 11.4. The van der Waals surface area contributed by atoms with Gasteiger partial charge in [0.25, 0.3) is 0 Å². The molecule has 1 aliphatic rings. The fourth-order valence-electron chi connectivity index (χ4n) is 2.50. The van der Waals surface area contributed by atoms with Crippen LogP contribution in [0.15, 0.2) is 12.7 Å².